The van der Waals surface area contributed by atoms with Gasteiger partial charge < -0.3 is 19.9 Å². The molecule has 2 aromatic rings. The molecule has 5 nitrogen and oxygen atoms in total. The molecule has 1 aromatic carbocycles. The number of ether oxygens (including phenoxy) is 3. The summed E-state index contributed by atoms with van der Waals surface area (Å²) in [5, 5.41) is 0.859. The lowest BCUT2D eigenvalue weighted by Gasteiger charge is -2.14. The van der Waals surface area contributed by atoms with Crippen LogP contribution in [0.4, 0.5) is 0 Å². The van der Waals surface area contributed by atoms with Gasteiger partial charge in [0.1, 0.15) is 5.01 Å². The van der Waals surface area contributed by atoms with Gasteiger partial charge in [0.2, 0.25) is 5.75 Å². The molecule has 0 spiro atoms. The second kappa shape index (κ2) is 6.32. The summed E-state index contributed by atoms with van der Waals surface area (Å²) in [5.41, 5.74) is 7.79. The van der Waals surface area contributed by atoms with Crippen LogP contribution >= 0.6 is 11.3 Å². The minimum atomic E-state index is -0.0395. The van der Waals surface area contributed by atoms with Gasteiger partial charge in [-0.25, -0.2) is 4.98 Å². The summed E-state index contributed by atoms with van der Waals surface area (Å²) >= 11 is 1.57. The highest BCUT2D eigenvalue weighted by Crippen LogP contribution is 2.45. The van der Waals surface area contributed by atoms with Crippen molar-refractivity contribution in [3.8, 4) is 27.8 Å². The molecule has 0 aliphatic carbocycles. The van der Waals surface area contributed by atoms with Crippen molar-refractivity contribution in [2.75, 3.05) is 21.3 Å². The molecule has 2 rings (SSSR count). The van der Waals surface area contributed by atoms with Crippen LogP contribution in [0.25, 0.3) is 10.6 Å². The van der Waals surface area contributed by atoms with Crippen LogP contribution in [0.15, 0.2) is 12.1 Å². The molecule has 114 valence electrons. The molecule has 0 fully saturated rings. The highest BCUT2D eigenvalue weighted by atomic mass is 32.1. The van der Waals surface area contributed by atoms with E-state index in [2.05, 4.69) is 4.98 Å². The van der Waals surface area contributed by atoms with Gasteiger partial charge in [0.25, 0.3) is 0 Å². The number of rotatable bonds is 5. The zero-order chi connectivity index (χ0) is 15.6. The van der Waals surface area contributed by atoms with Crippen LogP contribution in [0.3, 0.4) is 0 Å². The molecule has 0 saturated heterocycles. The van der Waals surface area contributed by atoms with E-state index in [1.807, 2.05) is 26.0 Å². The van der Waals surface area contributed by atoms with Gasteiger partial charge in [-0.15, -0.1) is 11.3 Å². The largest absolute Gasteiger partial charge is 0.493 e. The van der Waals surface area contributed by atoms with E-state index >= 15 is 0 Å². The van der Waals surface area contributed by atoms with Crippen LogP contribution in [-0.2, 0) is 0 Å². The van der Waals surface area contributed by atoms with E-state index in [1.165, 1.54) is 0 Å². The molecule has 0 aliphatic heterocycles. The summed E-state index contributed by atoms with van der Waals surface area (Å²) in [4.78, 5) is 5.67. The predicted molar refractivity (Wildman–Crippen MR) is 84.5 cm³/mol. The maximum Gasteiger partial charge on any atom is 0.204 e. The van der Waals surface area contributed by atoms with Crippen molar-refractivity contribution in [1.29, 1.82) is 0 Å². The number of hydrogen-bond acceptors (Lipinski definition) is 6. The van der Waals surface area contributed by atoms with Crippen molar-refractivity contribution in [2.24, 2.45) is 5.73 Å². The lowest BCUT2D eigenvalue weighted by Crippen LogP contribution is -2.03. The number of benzene rings is 1. The molecule has 1 aromatic heterocycles. The summed E-state index contributed by atoms with van der Waals surface area (Å²) in [7, 11) is 4.79. The highest BCUT2D eigenvalue weighted by molar-refractivity contribution is 7.15. The van der Waals surface area contributed by atoms with Crippen LogP contribution in [-0.4, -0.2) is 26.3 Å². The van der Waals surface area contributed by atoms with Gasteiger partial charge in [-0.1, -0.05) is 0 Å². The Morgan fingerprint density at radius 1 is 1.10 bits per heavy atom. The van der Waals surface area contributed by atoms with Crippen molar-refractivity contribution < 1.29 is 14.2 Å². The van der Waals surface area contributed by atoms with Crippen LogP contribution in [0, 0.1) is 6.92 Å². The van der Waals surface area contributed by atoms with E-state index in [9.17, 15) is 0 Å². The Morgan fingerprint density at radius 2 is 1.76 bits per heavy atom. The Bertz CT molecular complexity index is 638. The smallest absolute Gasteiger partial charge is 0.204 e. The average molecular weight is 308 g/mol. The Labute approximate surface area is 128 Å². The number of aromatic nitrogens is 1. The van der Waals surface area contributed by atoms with Gasteiger partial charge in [-0.05, 0) is 26.0 Å². The summed E-state index contributed by atoms with van der Waals surface area (Å²) in [6, 6.07) is 3.73. The van der Waals surface area contributed by atoms with Crippen molar-refractivity contribution in [2.45, 2.75) is 19.9 Å². The standard InChI is InChI=1S/C15H20N2O3S/c1-8(16)14-9(2)17-15(21-14)10-6-7-11(18-3)13(20-5)12(10)19-4/h6-8H,16H2,1-5H3. The fourth-order valence-electron chi connectivity index (χ4n) is 2.22. The Hall–Kier alpha value is -1.79. The van der Waals surface area contributed by atoms with E-state index in [4.69, 9.17) is 19.9 Å². The first-order chi connectivity index (χ1) is 10.0. The van der Waals surface area contributed by atoms with Gasteiger partial charge in [-0.3, -0.25) is 0 Å². The van der Waals surface area contributed by atoms with E-state index in [0.29, 0.717) is 17.2 Å². The van der Waals surface area contributed by atoms with Crippen molar-refractivity contribution >= 4 is 11.3 Å². The lowest BCUT2D eigenvalue weighted by atomic mass is 10.1. The number of thiazole rings is 1. The van der Waals surface area contributed by atoms with Gasteiger partial charge in [0, 0.05) is 10.9 Å². The van der Waals surface area contributed by atoms with Crippen molar-refractivity contribution in [3.05, 3.63) is 22.7 Å². The van der Waals surface area contributed by atoms with E-state index in [-0.39, 0.29) is 6.04 Å². The quantitative estimate of drug-likeness (QED) is 0.919. The monoisotopic (exact) mass is 308 g/mol. The third kappa shape index (κ3) is 2.82. The molecule has 0 aliphatic rings. The fraction of sp³-hybridized carbons (Fsp3) is 0.400. The van der Waals surface area contributed by atoms with Crippen LogP contribution in [0.5, 0.6) is 17.2 Å². The normalized spacial score (nSPS) is 12.1. The second-order valence-electron chi connectivity index (χ2n) is 4.64. The SMILES string of the molecule is COc1ccc(-c2nc(C)c(C(C)N)s2)c(OC)c1OC. The molecular formula is C15H20N2O3S. The second-order valence-corrected chi connectivity index (χ2v) is 5.67. The van der Waals surface area contributed by atoms with Crippen LogP contribution in [0.2, 0.25) is 0 Å². The topological polar surface area (TPSA) is 66.6 Å². The summed E-state index contributed by atoms with van der Waals surface area (Å²) in [6.07, 6.45) is 0. The zero-order valence-electron chi connectivity index (χ0n) is 12.9. The summed E-state index contributed by atoms with van der Waals surface area (Å²) in [5.74, 6) is 1.80. The first-order valence-corrected chi connectivity index (χ1v) is 7.37. The van der Waals surface area contributed by atoms with Crippen LogP contribution in [0.1, 0.15) is 23.5 Å². The van der Waals surface area contributed by atoms with Gasteiger partial charge in [-0.2, -0.15) is 0 Å². The van der Waals surface area contributed by atoms with E-state index in [1.54, 1.807) is 32.7 Å². The number of nitrogens with zero attached hydrogens (tertiary/aromatic N) is 1. The number of hydrogen-bond donors (Lipinski definition) is 1. The number of nitrogens with two attached hydrogens (primary N) is 1. The highest BCUT2D eigenvalue weighted by Gasteiger charge is 2.20. The first-order valence-electron chi connectivity index (χ1n) is 6.55. The maximum atomic E-state index is 5.97. The fourth-order valence-corrected chi connectivity index (χ4v) is 3.26. The summed E-state index contributed by atoms with van der Waals surface area (Å²) < 4.78 is 16.2. The Balaban J connectivity index is 2.61. The van der Waals surface area contributed by atoms with E-state index < -0.39 is 0 Å². The molecular weight excluding hydrogens is 288 g/mol. The lowest BCUT2D eigenvalue weighted by molar-refractivity contribution is 0.325. The number of methoxy groups -OCH3 is 3. The molecule has 0 amide bonds. The predicted octanol–water partition coefficient (Wildman–Crippen LogP) is 3.16. The zero-order valence-corrected chi connectivity index (χ0v) is 13.7. The minimum Gasteiger partial charge on any atom is -0.493 e. The number of aryl methyl sites for hydroxylation is 1. The van der Waals surface area contributed by atoms with Crippen LogP contribution < -0.4 is 19.9 Å². The molecule has 1 heterocycles. The Morgan fingerprint density at radius 3 is 2.24 bits per heavy atom. The molecule has 0 bridgehead atoms. The molecule has 21 heavy (non-hydrogen) atoms. The third-order valence-electron chi connectivity index (χ3n) is 3.18. The van der Waals surface area contributed by atoms with Gasteiger partial charge >= 0.3 is 0 Å². The summed E-state index contributed by atoms with van der Waals surface area (Å²) in [6.45, 7) is 3.92. The molecule has 2 N–H and O–H groups in total. The minimum absolute atomic E-state index is 0.0395. The molecule has 0 radical (unpaired) electrons. The van der Waals surface area contributed by atoms with E-state index in [0.717, 1.165) is 21.1 Å². The van der Waals surface area contributed by atoms with Crippen molar-refractivity contribution in [1.82, 2.24) is 4.98 Å². The average Bonchev–Trinajstić information content (AvgIpc) is 2.87. The molecule has 6 heteroatoms. The van der Waals surface area contributed by atoms with Crippen molar-refractivity contribution in [3.63, 3.8) is 0 Å². The van der Waals surface area contributed by atoms with Gasteiger partial charge in [0.05, 0.1) is 32.6 Å². The van der Waals surface area contributed by atoms with Gasteiger partial charge in [0.15, 0.2) is 11.5 Å². The Kier molecular flexibility index (Phi) is 4.69. The third-order valence-corrected chi connectivity index (χ3v) is 4.57. The maximum absolute atomic E-state index is 5.97. The first kappa shape index (κ1) is 15.6. The molecule has 1 unspecified atom stereocenters. The molecule has 0 saturated carbocycles. The molecule has 1 atom stereocenters.